The van der Waals surface area contributed by atoms with Crippen LogP contribution >= 0.6 is 0 Å². The molecule has 2 aromatic heterocycles. The van der Waals surface area contributed by atoms with Gasteiger partial charge in [0.2, 0.25) is 5.91 Å². The molecule has 1 aliphatic heterocycles. The Bertz CT molecular complexity index is 1040. The van der Waals surface area contributed by atoms with Crippen LogP contribution in [0.3, 0.4) is 0 Å². The largest absolute Gasteiger partial charge is 0.455 e. The summed E-state index contributed by atoms with van der Waals surface area (Å²) in [7, 11) is 0. The van der Waals surface area contributed by atoms with Gasteiger partial charge in [0.1, 0.15) is 18.0 Å². The lowest BCUT2D eigenvalue weighted by Gasteiger charge is -2.22. The van der Waals surface area contributed by atoms with Crippen LogP contribution in [0.5, 0.6) is 0 Å². The smallest absolute Gasteiger partial charge is 0.354 e. The van der Waals surface area contributed by atoms with E-state index in [-0.39, 0.29) is 31.1 Å². The molecule has 7 heteroatoms. The fourth-order valence-corrected chi connectivity index (χ4v) is 2.97. The lowest BCUT2D eigenvalue weighted by Crippen LogP contribution is -2.34. The normalized spacial score (nSPS) is 14.3. The van der Waals surface area contributed by atoms with Gasteiger partial charge in [-0.2, -0.15) is 5.10 Å². The number of hydrazone groups is 1. The quantitative estimate of drug-likeness (QED) is 0.669. The van der Waals surface area contributed by atoms with E-state index in [1.165, 1.54) is 5.01 Å². The summed E-state index contributed by atoms with van der Waals surface area (Å²) in [5.41, 5.74) is 3.40. The highest BCUT2D eigenvalue weighted by molar-refractivity contribution is 6.37. The summed E-state index contributed by atoms with van der Waals surface area (Å²) in [5, 5.41) is 5.46. The number of imidazole rings is 1. The summed E-state index contributed by atoms with van der Waals surface area (Å²) in [6, 6.07) is 12.9. The van der Waals surface area contributed by atoms with E-state index < -0.39 is 5.97 Å². The summed E-state index contributed by atoms with van der Waals surface area (Å²) < 4.78 is 7.27. The van der Waals surface area contributed by atoms with E-state index in [1.807, 2.05) is 54.0 Å². The van der Waals surface area contributed by atoms with Crippen LogP contribution in [0.4, 0.5) is 5.69 Å². The minimum Gasteiger partial charge on any atom is -0.455 e. The molecule has 0 unspecified atom stereocenters. The van der Waals surface area contributed by atoms with Crippen LogP contribution in [-0.2, 0) is 20.9 Å². The Balaban J connectivity index is 1.48. The van der Waals surface area contributed by atoms with Crippen LogP contribution in [0.25, 0.3) is 5.65 Å². The van der Waals surface area contributed by atoms with Gasteiger partial charge in [0.25, 0.3) is 0 Å². The maximum absolute atomic E-state index is 12.4. The average Bonchev–Trinajstić information content (AvgIpc) is 3.12. The highest BCUT2D eigenvalue weighted by Gasteiger charge is 2.26. The van der Waals surface area contributed by atoms with Crippen molar-refractivity contribution in [2.75, 3.05) is 5.01 Å². The van der Waals surface area contributed by atoms with Gasteiger partial charge in [-0.1, -0.05) is 24.3 Å². The monoisotopic (exact) mass is 362 g/mol. The Morgan fingerprint density at radius 2 is 1.96 bits per heavy atom. The van der Waals surface area contributed by atoms with Crippen LogP contribution in [-0.4, -0.2) is 27.0 Å². The number of fused-ring (bicyclic) bond motifs is 1. The standard InChI is InChI=1S/C20H18N4O3/c1-14-6-5-11-23-12-15(21-19(14)23)13-27-20(26)17-9-10-18(25)24(22-17)16-7-3-2-4-8-16/h2-8,11-12H,9-10,13H2,1H3. The maximum atomic E-state index is 12.4. The van der Waals surface area contributed by atoms with E-state index in [0.29, 0.717) is 11.4 Å². The SMILES string of the molecule is Cc1cccn2cc(COC(=O)C3=NN(c4ccccc4)C(=O)CC3)nc12. The van der Waals surface area contributed by atoms with Gasteiger partial charge < -0.3 is 9.14 Å². The van der Waals surface area contributed by atoms with Crippen LogP contribution in [0, 0.1) is 6.92 Å². The number of hydrogen-bond donors (Lipinski definition) is 0. The summed E-state index contributed by atoms with van der Waals surface area (Å²) in [4.78, 5) is 29.0. The van der Waals surface area contributed by atoms with Crippen LogP contribution < -0.4 is 5.01 Å². The van der Waals surface area contributed by atoms with Crippen LogP contribution in [0.1, 0.15) is 24.1 Å². The van der Waals surface area contributed by atoms with Gasteiger partial charge in [-0.25, -0.2) is 14.8 Å². The third-order valence-electron chi connectivity index (χ3n) is 4.35. The molecule has 0 radical (unpaired) electrons. The molecule has 1 aromatic carbocycles. The molecule has 7 nitrogen and oxygen atoms in total. The van der Waals surface area contributed by atoms with Gasteiger partial charge >= 0.3 is 5.97 Å². The fourth-order valence-electron chi connectivity index (χ4n) is 2.97. The van der Waals surface area contributed by atoms with E-state index >= 15 is 0 Å². The average molecular weight is 362 g/mol. The second-order valence-electron chi connectivity index (χ2n) is 6.32. The number of pyridine rings is 1. The number of rotatable bonds is 4. The minimum absolute atomic E-state index is 0.0538. The topological polar surface area (TPSA) is 76.3 Å². The van der Waals surface area contributed by atoms with E-state index in [0.717, 1.165) is 11.2 Å². The van der Waals surface area contributed by atoms with Crippen LogP contribution in [0.15, 0.2) is 60.0 Å². The number of carbonyl (C=O) groups is 2. The van der Waals surface area contributed by atoms with Crippen molar-refractivity contribution in [3.05, 3.63) is 66.1 Å². The van der Waals surface area contributed by atoms with Gasteiger partial charge in [0.05, 0.1) is 11.4 Å². The van der Waals surface area contributed by atoms with E-state index in [9.17, 15) is 9.59 Å². The zero-order valence-electron chi connectivity index (χ0n) is 14.8. The number of para-hydroxylation sites is 1. The Morgan fingerprint density at radius 3 is 2.74 bits per heavy atom. The van der Waals surface area contributed by atoms with Crippen molar-refractivity contribution in [1.29, 1.82) is 0 Å². The molecule has 0 aliphatic carbocycles. The lowest BCUT2D eigenvalue weighted by molar-refractivity contribution is -0.137. The molecule has 27 heavy (non-hydrogen) atoms. The molecule has 4 rings (SSSR count). The van der Waals surface area contributed by atoms with E-state index in [1.54, 1.807) is 12.1 Å². The number of hydrogen-bond acceptors (Lipinski definition) is 5. The molecule has 1 aliphatic rings. The molecule has 1 amide bonds. The van der Waals surface area contributed by atoms with Gasteiger partial charge in [0, 0.05) is 25.2 Å². The molecule has 0 saturated carbocycles. The molecule has 0 spiro atoms. The van der Waals surface area contributed by atoms with Gasteiger partial charge in [0.15, 0.2) is 0 Å². The minimum atomic E-state index is -0.530. The van der Waals surface area contributed by atoms with Crippen molar-refractivity contribution in [1.82, 2.24) is 9.38 Å². The highest BCUT2D eigenvalue weighted by Crippen LogP contribution is 2.20. The molecule has 0 fully saturated rings. The second-order valence-corrected chi connectivity index (χ2v) is 6.32. The predicted octanol–water partition coefficient (Wildman–Crippen LogP) is 2.87. The number of nitrogens with zero attached hydrogens (tertiary/aromatic N) is 4. The first-order valence-electron chi connectivity index (χ1n) is 8.67. The molecule has 0 saturated heterocycles. The van der Waals surface area contributed by atoms with Gasteiger partial charge in [-0.3, -0.25) is 4.79 Å². The zero-order chi connectivity index (χ0) is 18.8. The fraction of sp³-hybridized carbons (Fsp3) is 0.200. The molecule has 3 aromatic rings. The van der Waals surface area contributed by atoms with Crippen LogP contribution in [0.2, 0.25) is 0 Å². The summed E-state index contributed by atoms with van der Waals surface area (Å²) >= 11 is 0. The van der Waals surface area contributed by atoms with Gasteiger partial charge in [-0.15, -0.1) is 0 Å². The first-order chi connectivity index (χ1) is 13.1. The van der Waals surface area contributed by atoms with E-state index in [2.05, 4.69) is 10.1 Å². The summed E-state index contributed by atoms with van der Waals surface area (Å²) in [6.45, 7) is 2.03. The Morgan fingerprint density at radius 1 is 1.15 bits per heavy atom. The Labute approximate surface area is 155 Å². The molecular weight excluding hydrogens is 344 g/mol. The molecular formula is C20H18N4O3. The maximum Gasteiger partial charge on any atom is 0.354 e. The Hall–Kier alpha value is -3.48. The first-order valence-corrected chi connectivity index (χ1v) is 8.67. The number of aromatic nitrogens is 2. The number of anilines is 1. The molecule has 136 valence electrons. The third-order valence-corrected chi connectivity index (χ3v) is 4.35. The summed E-state index contributed by atoms with van der Waals surface area (Å²) in [6.07, 6.45) is 4.22. The number of esters is 1. The zero-order valence-corrected chi connectivity index (χ0v) is 14.8. The first kappa shape index (κ1) is 17.0. The highest BCUT2D eigenvalue weighted by atomic mass is 16.5. The molecule has 0 bridgehead atoms. The number of ether oxygens (including phenoxy) is 1. The van der Waals surface area contributed by atoms with E-state index in [4.69, 9.17) is 4.74 Å². The molecule has 0 N–H and O–H groups in total. The number of amides is 1. The van der Waals surface area contributed by atoms with Crippen molar-refractivity contribution in [3.63, 3.8) is 0 Å². The summed E-state index contributed by atoms with van der Waals surface area (Å²) in [5.74, 6) is -0.675. The molecule has 3 heterocycles. The second kappa shape index (κ2) is 7.03. The number of benzene rings is 1. The van der Waals surface area contributed by atoms with Crippen molar-refractivity contribution >= 4 is 28.9 Å². The number of aryl methyl sites for hydroxylation is 1. The third kappa shape index (κ3) is 3.44. The van der Waals surface area contributed by atoms with Crippen molar-refractivity contribution in [2.45, 2.75) is 26.4 Å². The predicted molar refractivity (Wildman–Crippen MR) is 100 cm³/mol. The van der Waals surface area contributed by atoms with Gasteiger partial charge in [-0.05, 0) is 30.7 Å². The Kier molecular flexibility index (Phi) is 4.42. The van der Waals surface area contributed by atoms with Crippen molar-refractivity contribution in [2.24, 2.45) is 5.10 Å². The molecule has 0 atom stereocenters. The lowest BCUT2D eigenvalue weighted by atomic mass is 10.1. The number of carbonyl (C=O) groups excluding carboxylic acids is 2. The van der Waals surface area contributed by atoms with Crippen molar-refractivity contribution < 1.29 is 14.3 Å². The van der Waals surface area contributed by atoms with Crippen molar-refractivity contribution in [3.8, 4) is 0 Å².